The number of hydrogen-bond donors (Lipinski definition) is 1. The van der Waals surface area contributed by atoms with Crippen LogP contribution in [0.25, 0.3) is 10.2 Å². The lowest BCUT2D eigenvalue weighted by molar-refractivity contribution is -0.0329. The van der Waals surface area contributed by atoms with E-state index in [9.17, 15) is 5.26 Å². The first kappa shape index (κ1) is 21.7. The molecule has 0 aliphatic carbocycles. The SMILES string of the molecule is C[C@@H]1CN(c2ccc(C#N)c3ncsc23)C[C@H](CN2Cc3cc(N4CCNCC4)cnc3C2)O1. The zero-order valence-electron chi connectivity index (χ0n) is 19.4. The van der Waals surface area contributed by atoms with Crippen molar-refractivity contribution in [3.63, 3.8) is 0 Å². The fourth-order valence-electron chi connectivity index (χ4n) is 5.45. The molecule has 2 atom stereocenters. The highest BCUT2D eigenvalue weighted by Gasteiger charge is 2.31. The van der Waals surface area contributed by atoms with Crippen molar-refractivity contribution in [1.29, 1.82) is 5.26 Å². The Balaban J connectivity index is 1.15. The van der Waals surface area contributed by atoms with E-state index in [0.29, 0.717) is 5.56 Å². The minimum atomic E-state index is 0.115. The lowest BCUT2D eigenvalue weighted by atomic mass is 10.1. The molecular formula is C25H29N7OS. The Labute approximate surface area is 203 Å². The van der Waals surface area contributed by atoms with Gasteiger partial charge in [-0.3, -0.25) is 9.88 Å². The van der Waals surface area contributed by atoms with Crippen molar-refractivity contribution in [2.24, 2.45) is 0 Å². The molecule has 176 valence electrons. The largest absolute Gasteiger partial charge is 0.370 e. The Morgan fingerprint density at radius 1 is 1.18 bits per heavy atom. The van der Waals surface area contributed by atoms with Crippen molar-refractivity contribution in [3.05, 3.63) is 46.7 Å². The van der Waals surface area contributed by atoms with Crippen LogP contribution in [0.4, 0.5) is 11.4 Å². The molecule has 1 aromatic carbocycles. The van der Waals surface area contributed by atoms with Crippen LogP contribution < -0.4 is 15.1 Å². The molecule has 0 saturated carbocycles. The van der Waals surface area contributed by atoms with Crippen molar-refractivity contribution in [1.82, 2.24) is 20.2 Å². The van der Waals surface area contributed by atoms with E-state index in [4.69, 9.17) is 9.72 Å². The lowest BCUT2D eigenvalue weighted by Gasteiger charge is -2.39. The normalized spacial score (nSPS) is 23.3. The van der Waals surface area contributed by atoms with Crippen molar-refractivity contribution < 1.29 is 4.74 Å². The summed E-state index contributed by atoms with van der Waals surface area (Å²) in [5.41, 5.74) is 8.21. The average Bonchev–Trinajstić information content (AvgIpc) is 3.50. The molecule has 0 spiro atoms. The first-order valence-corrected chi connectivity index (χ1v) is 12.9. The van der Waals surface area contributed by atoms with Crippen LogP contribution in [-0.2, 0) is 17.8 Å². The van der Waals surface area contributed by atoms with E-state index < -0.39 is 0 Å². The van der Waals surface area contributed by atoms with Gasteiger partial charge in [0.1, 0.15) is 11.6 Å². The zero-order valence-corrected chi connectivity index (χ0v) is 20.2. The maximum Gasteiger partial charge on any atom is 0.101 e. The van der Waals surface area contributed by atoms with Crippen molar-refractivity contribution in [3.8, 4) is 6.07 Å². The molecule has 0 radical (unpaired) electrons. The molecule has 0 bridgehead atoms. The molecule has 2 saturated heterocycles. The molecule has 3 aromatic rings. The highest BCUT2D eigenvalue weighted by atomic mass is 32.1. The highest BCUT2D eigenvalue weighted by molar-refractivity contribution is 7.17. The maximum absolute atomic E-state index is 9.43. The monoisotopic (exact) mass is 475 g/mol. The van der Waals surface area contributed by atoms with Crippen LogP contribution >= 0.6 is 11.3 Å². The van der Waals surface area contributed by atoms with Gasteiger partial charge in [0.2, 0.25) is 0 Å². The number of anilines is 2. The predicted molar refractivity (Wildman–Crippen MR) is 134 cm³/mol. The van der Waals surface area contributed by atoms with E-state index in [1.54, 1.807) is 11.3 Å². The predicted octanol–water partition coefficient (Wildman–Crippen LogP) is 2.58. The van der Waals surface area contributed by atoms with Crippen molar-refractivity contribution >= 4 is 32.9 Å². The van der Waals surface area contributed by atoms with Crippen LogP contribution in [0, 0.1) is 11.3 Å². The molecule has 34 heavy (non-hydrogen) atoms. The van der Waals surface area contributed by atoms with Gasteiger partial charge < -0.3 is 19.9 Å². The molecular weight excluding hydrogens is 446 g/mol. The molecule has 6 rings (SSSR count). The van der Waals surface area contributed by atoms with Crippen LogP contribution in [0.3, 0.4) is 0 Å². The molecule has 5 heterocycles. The van der Waals surface area contributed by atoms with Crippen LogP contribution in [0.5, 0.6) is 0 Å². The summed E-state index contributed by atoms with van der Waals surface area (Å²) >= 11 is 1.61. The summed E-state index contributed by atoms with van der Waals surface area (Å²) in [7, 11) is 0. The number of rotatable bonds is 4. The molecule has 3 aliphatic heterocycles. The molecule has 0 unspecified atom stereocenters. The second kappa shape index (κ2) is 9.12. The summed E-state index contributed by atoms with van der Waals surface area (Å²) in [4.78, 5) is 16.6. The van der Waals surface area contributed by atoms with Crippen LogP contribution in [0.15, 0.2) is 29.9 Å². The number of piperazine rings is 1. The lowest BCUT2D eigenvalue weighted by Crippen LogP contribution is -2.50. The number of ether oxygens (including phenoxy) is 1. The molecule has 1 N–H and O–H groups in total. The van der Waals surface area contributed by atoms with E-state index in [2.05, 4.69) is 50.1 Å². The number of benzene rings is 1. The van der Waals surface area contributed by atoms with E-state index >= 15 is 0 Å². The van der Waals surface area contributed by atoms with Crippen LogP contribution in [-0.4, -0.2) is 72.9 Å². The number of thiazole rings is 1. The van der Waals surface area contributed by atoms with E-state index in [0.717, 1.165) is 74.8 Å². The molecule has 3 aliphatic rings. The number of aromatic nitrogens is 2. The Morgan fingerprint density at radius 2 is 2.06 bits per heavy atom. The van der Waals surface area contributed by atoms with Gasteiger partial charge in [-0.15, -0.1) is 11.3 Å². The van der Waals surface area contributed by atoms with Gasteiger partial charge >= 0.3 is 0 Å². The topological polar surface area (TPSA) is 80.6 Å². The van der Waals surface area contributed by atoms with Gasteiger partial charge in [0, 0.05) is 58.9 Å². The third-order valence-corrected chi connectivity index (χ3v) is 7.86. The molecule has 0 amide bonds. The number of fused-ring (bicyclic) bond motifs is 2. The average molecular weight is 476 g/mol. The van der Waals surface area contributed by atoms with Gasteiger partial charge in [-0.2, -0.15) is 5.26 Å². The molecule has 8 nitrogen and oxygen atoms in total. The van der Waals surface area contributed by atoms with E-state index in [1.165, 1.54) is 16.9 Å². The minimum Gasteiger partial charge on any atom is -0.370 e. The van der Waals surface area contributed by atoms with E-state index in [-0.39, 0.29) is 12.2 Å². The molecule has 2 aromatic heterocycles. The molecule has 9 heteroatoms. The number of morpholine rings is 1. The summed E-state index contributed by atoms with van der Waals surface area (Å²) in [5, 5.41) is 12.8. The van der Waals surface area contributed by atoms with Crippen LogP contribution in [0.1, 0.15) is 23.7 Å². The van der Waals surface area contributed by atoms with Crippen molar-refractivity contribution in [2.45, 2.75) is 32.2 Å². The number of nitrogens with one attached hydrogen (secondary N) is 1. The van der Waals surface area contributed by atoms with Gasteiger partial charge in [0.25, 0.3) is 0 Å². The summed E-state index contributed by atoms with van der Waals surface area (Å²) < 4.78 is 7.46. The summed E-state index contributed by atoms with van der Waals surface area (Å²) in [6.07, 6.45) is 2.30. The number of nitriles is 1. The number of nitrogens with zero attached hydrogens (tertiary/aromatic N) is 6. The Bertz CT molecular complexity index is 1230. The Hall–Kier alpha value is -2.77. The third kappa shape index (κ3) is 4.12. The van der Waals surface area contributed by atoms with Gasteiger partial charge in [0.15, 0.2) is 0 Å². The Morgan fingerprint density at radius 3 is 2.91 bits per heavy atom. The van der Waals surface area contributed by atoms with E-state index in [1.807, 2.05) is 17.8 Å². The quantitative estimate of drug-likeness (QED) is 0.617. The summed E-state index contributed by atoms with van der Waals surface area (Å²) in [5.74, 6) is 0. The fraction of sp³-hybridized carbons (Fsp3) is 0.480. The first-order chi connectivity index (χ1) is 16.7. The summed E-state index contributed by atoms with van der Waals surface area (Å²) in [6.45, 7) is 10.6. The second-order valence-corrected chi connectivity index (χ2v) is 10.3. The molecule has 2 fully saturated rings. The number of pyridine rings is 1. The fourth-order valence-corrected chi connectivity index (χ4v) is 6.30. The van der Waals surface area contributed by atoms with Gasteiger partial charge in [0.05, 0.1) is 51.2 Å². The van der Waals surface area contributed by atoms with Gasteiger partial charge in [-0.05, 0) is 30.7 Å². The maximum atomic E-state index is 9.43. The smallest absolute Gasteiger partial charge is 0.101 e. The summed E-state index contributed by atoms with van der Waals surface area (Å²) in [6, 6.07) is 8.57. The zero-order chi connectivity index (χ0) is 23.1. The third-order valence-electron chi connectivity index (χ3n) is 7.01. The minimum absolute atomic E-state index is 0.115. The first-order valence-electron chi connectivity index (χ1n) is 12.0. The van der Waals surface area contributed by atoms with Gasteiger partial charge in [-0.25, -0.2) is 4.98 Å². The van der Waals surface area contributed by atoms with Crippen molar-refractivity contribution in [2.75, 3.05) is 55.6 Å². The number of hydrogen-bond acceptors (Lipinski definition) is 9. The highest BCUT2D eigenvalue weighted by Crippen LogP contribution is 2.34. The standard InChI is InChI=1S/C25H29N7OS/c1-17-11-32(23-3-2-18(9-26)24-25(23)34-16-29-24)14-21(33-17)13-30-12-19-8-20(10-28-22(19)15-30)31-6-4-27-5-7-31/h2-3,8,10,16-17,21,27H,4-7,11-15H2,1H3/t17-,21+/m1/s1. The Kier molecular flexibility index (Phi) is 5.83. The van der Waals surface area contributed by atoms with Gasteiger partial charge in [-0.1, -0.05) is 0 Å². The van der Waals surface area contributed by atoms with Crippen LogP contribution in [0.2, 0.25) is 0 Å². The second-order valence-electron chi connectivity index (χ2n) is 9.45.